The molecular weight excluding hydrogens is 484 g/mol. The van der Waals surface area contributed by atoms with Crippen LogP contribution < -0.4 is 0 Å². The molecule has 1 rings (SSSR count). The Labute approximate surface area is 208 Å². The largest absolute Gasteiger partial charge is 0.394 e. The van der Waals surface area contributed by atoms with Crippen LogP contribution in [0.25, 0.3) is 0 Å². The molecule has 204 valence electrons. The maximum atomic E-state index is 12.3. The number of aliphatic hydroxyl groups is 2. The summed E-state index contributed by atoms with van der Waals surface area (Å²) < 4.78 is 61.6. The van der Waals surface area contributed by atoms with Crippen LogP contribution in [0, 0.1) is 6.92 Å². The first-order valence-electron chi connectivity index (χ1n) is 11.6. The van der Waals surface area contributed by atoms with Crippen LogP contribution in [0.15, 0.2) is 29.2 Å². The Morgan fingerprint density at radius 3 is 1.34 bits per heavy atom. The summed E-state index contributed by atoms with van der Waals surface area (Å²) in [7, 11) is -3.85. The molecule has 1 aromatic rings. The summed E-state index contributed by atoms with van der Waals surface area (Å²) in [4.78, 5) is 0.0618. The van der Waals surface area contributed by atoms with Crippen LogP contribution in [0.5, 0.6) is 0 Å². The summed E-state index contributed by atoms with van der Waals surface area (Å²) in [6, 6.07) is 6.29. The van der Waals surface area contributed by atoms with Gasteiger partial charge < -0.3 is 43.4 Å². The fraction of sp³-hybridized carbons (Fsp3) is 0.739. The highest BCUT2D eigenvalue weighted by atomic mass is 32.2. The number of ether oxygens (including phenoxy) is 7. The van der Waals surface area contributed by atoms with Gasteiger partial charge in [-0.15, -0.1) is 0 Å². The molecule has 12 heteroatoms. The van der Waals surface area contributed by atoms with Crippen molar-refractivity contribution in [2.24, 2.45) is 0 Å². The van der Waals surface area contributed by atoms with E-state index in [1.165, 1.54) is 12.1 Å². The van der Waals surface area contributed by atoms with Crippen molar-refractivity contribution in [3.05, 3.63) is 29.8 Å². The Balaban J connectivity index is 1.84. The van der Waals surface area contributed by atoms with Crippen LogP contribution in [-0.2, 0) is 43.0 Å². The van der Waals surface area contributed by atoms with Crippen molar-refractivity contribution in [1.29, 1.82) is 0 Å². The van der Waals surface area contributed by atoms with Crippen LogP contribution in [0.1, 0.15) is 5.56 Å². The van der Waals surface area contributed by atoms with E-state index in [1.54, 1.807) is 12.1 Å². The van der Waals surface area contributed by atoms with Gasteiger partial charge in [0, 0.05) is 0 Å². The average Bonchev–Trinajstić information content (AvgIpc) is 2.85. The van der Waals surface area contributed by atoms with Gasteiger partial charge in [-0.1, -0.05) is 17.7 Å². The Morgan fingerprint density at radius 2 is 0.971 bits per heavy atom. The first-order chi connectivity index (χ1) is 17.0. The van der Waals surface area contributed by atoms with E-state index in [4.69, 9.17) is 38.3 Å². The minimum absolute atomic E-state index is 0.0110. The summed E-state index contributed by atoms with van der Waals surface area (Å²) in [5, 5.41) is 18.5. The highest BCUT2D eigenvalue weighted by molar-refractivity contribution is 7.91. The van der Waals surface area contributed by atoms with Crippen molar-refractivity contribution >= 4 is 9.84 Å². The van der Waals surface area contributed by atoms with Crippen LogP contribution in [0.3, 0.4) is 0 Å². The molecule has 0 aromatic heterocycles. The van der Waals surface area contributed by atoms with Gasteiger partial charge in [-0.05, 0) is 19.1 Å². The molecule has 0 radical (unpaired) electrons. The van der Waals surface area contributed by atoms with Gasteiger partial charge in [0.25, 0.3) is 0 Å². The second-order valence-electron chi connectivity index (χ2n) is 7.29. The number of hydrogen-bond donors (Lipinski definition) is 2. The predicted molar refractivity (Wildman–Crippen MR) is 127 cm³/mol. The van der Waals surface area contributed by atoms with Crippen LogP contribution in [0.4, 0.5) is 0 Å². The molecule has 1 atom stereocenters. The van der Waals surface area contributed by atoms with Gasteiger partial charge in [0.1, 0.15) is 0 Å². The standard InChI is InChI=1S/C23H40O11S/c1-21-2-4-22(5-3-21)35(26,27)23(25)20-34-19-18-33-17-16-32-15-14-31-13-12-30-11-10-29-9-8-28-7-6-24/h2-5,23-25H,6-20H2,1H3. The van der Waals surface area contributed by atoms with E-state index in [0.29, 0.717) is 72.7 Å². The predicted octanol–water partition coefficient (Wildman–Crippen LogP) is 0.196. The lowest BCUT2D eigenvalue weighted by Crippen LogP contribution is -2.27. The highest BCUT2D eigenvalue weighted by Gasteiger charge is 2.25. The highest BCUT2D eigenvalue weighted by Crippen LogP contribution is 2.15. The van der Waals surface area contributed by atoms with Gasteiger partial charge in [-0.3, -0.25) is 0 Å². The Morgan fingerprint density at radius 1 is 0.629 bits per heavy atom. The summed E-state index contributed by atoms with van der Waals surface area (Å²) >= 11 is 0. The van der Waals surface area contributed by atoms with Gasteiger partial charge in [0.2, 0.25) is 9.84 Å². The van der Waals surface area contributed by atoms with Gasteiger partial charge in [0.15, 0.2) is 5.44 Å². The third-order valence-electron chi connectivity index (χ3n) is 4.44. The molecule has 0 aliphatic heterocycles. The monoisotopic (exact) mass is 524 g/mol. The van der Waals surface area contributed by atoms with Crippen molar-refractivity contribution in [3.63, 3.8) is 0 Å². The molecule has 1 unspecified atom stereocenters. The number of rotatable bonds is 24. The zero-order chi connectivity index (χ0) is 25.6. The van der Waals surface area contributed by atoms with Crippen molar-refractivity contribution in [2.45, 2.75) is 17.3 Å². The normalized spacial score (nSPS) is 12.8. The summed E-state index contributed by atoms with van der Waals surface area (Å²) in [5.74, 6) is 0. The number of sulfone groups is 1. The third kappa shape index (κ3) is 16.2. The van der Waals surface area contributed by atoms with Crippen LogP contribution in [0.2, 0.25) is 0 Å². The summed E-state index contributed by atoms with van der Waals surface area (Å²) in [5.41, 5.74) is -0.694. The third-order valence-corrected chi connectivity index (χ3v) is 6.22. The molecule has 0 saturated carbocycles. The van der Waals surface area contributed by atoms with Crippen molar-refractivity contribution in [3.8, 4) is 0 Å². The topological polar surface area (TPSA) is 139 Å². The lowest BCUT2D eigenvalue weighted by Gasteiger charge is -2.13. The fourth-order valence-corrected chi connectivity index (χ4v) is 3.65. The molecule has 1 aromatic carbocycles. The zero-order valence-corrected chi connectivity index (χ0v) is 21.3. The first-order valence-corrected chi connectivity index (χ1v) is 13.2. The van der Waals surface area contributed by atoms with E-state index in [9.17, 15) is 13.5 Å². The molecule has 0 amide bonds. The van der Waals surface area contributed by atoms with Crippen molar-refractivity contribution in [2.75, 3.05) is 99.1 Å². The molecule has 35 heavy (non-hydrogen) atoms. The number of benzene rings is 1. The molecule has 0 saturated heterocycles. The Kier molecular flexibility index (Phi) is 19.1. The van der Waals surface area contributed by atoms with Gasteiger partial charge in [0.05, 0.1) is 104 Å². The smallest absolute Gasteiger partial charge is 0.207 e. The minimum atomic E-state index is -3.85. The molecule has 0 aliphatic rings. The van der Waals surface area contributed by atoms with E-state index in [1.807, 2.05) is 6.92 Å². The van der Waals surface area contributed by atoms with Gasteiger partial charge >= 0.3 is 0 Å². The fourth-order valence-electron chi connectivity index (χ4n) is 2.54. The summed E-state index contributed by atoms with van der Waals surface area (Å²) in [6.45, 7) is 6.70. The quantitative estimate of drug-likeness (QED) is 0.179. The van der Waals surface area contributed by atoms with Gasteiger partial charge in [-0.25, -0.2) is 8.42 Å². The number of aryl methyl sites for hydroxylation is 1. The Bertz CT molecular complexity index is 713. The van der Waals surface area contributed by atoms with E-state index >= 15 is 0 Å². The lowest BCUT2D eigenvalue weighted by atomic mass is 10.2. The molecular formula is C23H40O11S. The SMILES string of the molecule is Cc1ccc(S(=O)(=O)C(O)COCCOCCOCCOCCOCCOCCOCCO)cc1. The number of hydrogen-bond acceptors (Lipinski definition) is 11. The van der Waals surface area contributed by atoms with E-state index < -0.39 is 15.3 Å². The molecule has 2 N–H and O–H groups in total. The Hall–Kier alpha value is -1.19. The zero-order valence-electron chi connectivity index (χ0n) is 20.5. The molecule has 0 bridgehead atoms. The van der Waals surface area contributed by atoms with Crippen LogP contribution in [-0.4, -0.2) is 123 Å². The maximum absolute atomic E-state index is 12.3. The molecule has 0 aliphatic carbocycles. The van der Waals surface area contributed by atoms with E-state index in [-0.39, 0.29) is 31.3 Å². The van der Waals surface area contributed by atoms with E-state index in [2.05, 4.69) is 0 Å². The maximum Gasteiger partial charge on any atom is 0.207 e. The second kappa shape index (κ2) is 20.9. The molecule has 11 nitrogen and oxygen atoms in total. The lowest BCUT2D eigenvalue weighted by molar-refractivity contribution is -0.0231. The van der Waals surface area contributed by atoms with Crippen molar-refractivity contribution < 1.29 is 51.8 Å². The molecule has 0 spiro atoms. The molecule has 0 fully saturated rings. The summed E-state index contributed by atoms with van der Waals surface area (Å²) in [6.07, 6.45) is 0. The second-order valence-corrected chi connectivity index (χ2v) is 9.39. The van der Waals surface area contributed by atoms with Crippen LogP contribution >= 0.6 is 0 Å². The first kappa shape index (κ1) is 31.8. The molecule has 0 heterocycles. The van der Waals surface area contributed by atoms with E-state index in [0.717, 1.165) is 5.56 Å². The number of aliphatic hydroxyl groups excluding tert-OH is 2. The average molecular weight is 525 g/mol. The van der Waals surface area contributed by atoms with Gasteiger partial charge in [-0.2, -0.15) is 0 Å². The minimum Gasteiger partial charge on any atom is -0.394 e. The van der Waals surface area contributed by atoms with Crippen molar-refractivity contribution in [1.82, 2.24) is 0 Å².